The molecule has 0 unspecified atom stereocenters. The van der Waals surface area contributed by atoms with E-state index in [0.29, 0.717) is 5.69 Å². The first-order valence-electron chi connectivity index (χ1n) is 4.23. The van der Waals surface area contributed by atoms with Gasteiger partial charge in [-0.15, -0.1) is 0 Å². The molecule has 1 rings (SSSR count). The lowest BCUT2D eigenvalue weighted by Crippen LogP contribution is -2.24. The highest BCUT2D eigenvalue weighted by molar-refractivity contribution is 14.1. The molecule has 0 saturated heterocycles. The van der Waals surface area contributed by atoms with Gasteiger partial charge in [0.1, 0.15) is 11.3 Å². The second-order valence-corrected chi connectivity index (χ2v) is 5.11. The van der Waals surface area contributed by atoms with Crippen molar-refractivity contribution in [2.75, 3.05) is 0 Å². The maximum absolute atomic E-state index is 11.5. The number of esters is 1. The Hall–Kier alpha value is -0.650. The molecule has 1 aromatic rings. The second-order valence-electron chi connectivity index (χ2n) is 3.86. The minimum Gasteiger partial charge on any atom is -0.455 e. The van der Waals surface area contributed by atoms with E-state index in [1.165, 1.54) is 0 Å². The van der Waals surface area contributed by atoms with E-state index in [4.69, 9.17) is 4.74 Å². The minimum atomic E-state index is -0.472. The molecule has 14 heavy (non-hydrogen) atoms. The molecule has 1 aromatic heterocycles. The number of rotatable bonds is 1. The minimum absolute atomic E-state index is 0.354. The molecule has 0 atom stereocenters. The van der Waals surface area contributed by atoms with Gasteiger partial charge >= 0.3 is 5.97 Å². The van der Waals surface area contributed by atoms with Crippen LogP contribution in [-0.4, -0.2) is 16.6 Å². The average Bonchev–Trinajstić information content (AvgIpc) is 2.01. The number of nitrogens with zero attached hydrogens (tertiary/aromatic N) is 1. The Balaban J connectivity index is 2.80. The fourth-order valence-electron chi connectivity index (χ4n) is 0.847. The van der Waals surface area contributed by atoms with E-state index in [2.05, 4.69) is 27.6 Å². The summed E-state index contributed by atoms with van der Waals surface area (Å²) in [5.74, 6) is -0.379. The lowest BCUT2D eigenvalue weighted by Gasteiger charge is -2.18. The molecule has 0 aliphatic carbocycles. The zero-order valence-electron chi connectivity index (χ0n) is 8.37. The maximum Gasteiger partial charge on any atom is 0.357 e. The van der Waals surface area contributed by atoms with Crippen LogP contribution in [0.3, 0.4) is 0 Å². The van der Waals surface area contributed by atoms with Gasteiger partial charge in [0.05, 0.1) is 0 Å². The van der Waals surface area contributed by atoms with Crippen LogP contribution < -0.4 is 0 Å². The Morgan fingerprint density at radius 3 is 2.64 bits per heavy atom. The lowest BCUT2D eigenvalue weighted by molar-refractivity contribution is 0.00628. The predicted molar refractivity (Wildman–Crippen MR) is 62.1 cm³/mol. The normalized spacial score (nSPS) is 11.1. The van der Waals surface area contributed by atoms with Crippen LogP contribution >= 0.6 is 22.6 Å². The topological polar surface area (TPSA) is 39.2 Å². The quantitative estimate of drug-likeness (QED) is 0.591. The van der Waals surface area contributed by atoms with E-state index in [9.17, 15) is 4.79 Å². The van der Waals surface area contributed by atoms with Crippen molar-refractivity contribution < 1.29 is 9.53 Å². The number of hydrogen-bond donors (Lipinski definition) is 0. The summed E-state index contributed by atoms with van der Waals surface area (Å²) in [6.45, 7) is 5.50. The monoisotopic (exact) mass is 305 g/mol. The van der Waals surface area contributed by atoms with Crippen LogP contribution in [-0.2, 0) is 4.74 Å². The largest absolute Gasteiger partial charge is 0.455 e. The molecule has 0 N–H and O–H groups in total. The molecule has 0 saturated carbocycles. The molecule has 0 aliphatic rings. The van der Waals surface area contributed by atoms with Gasteiger partial charge in [-0.3, -0.25) is 0 Å². The van der Waals surface area contributed by atoms with Crippen molar-refractivity contribution in [1.29, 1.82) is 0 Å². The molecule has 4 heteroatoms. The third-order valence-corrected chi connectivity index (χ3v) is 2.00. The highest BCUT2D eigenvalue weighted by atomic mass is 127. The van der Waals surface area contributed by atoms with Gasteiger partial charge in [-0.1, -0.05) is 0 Å². The molecule has 0 radical (unpaired) electrons. The zero-order valence-corrected chi connectivity index (χ0v) is 10.5. The summed E-state index contributed by atoms with van der Waals surface area (Å²) in [6, 6.07) is 3.53. The number of ether oxygens (including phenoxy) is 1. The van der Waals surface area contributed by atoms with Crippen LogP contribution in [0.4, 0.5) is 0 Å². The molecule has 0 spiro atoms. The van der Waals surface area contributed by atoms with E-state index in [0.717, 1.165) is 3.57 Å². The van der Waals surface area contributed by atoms with Gasteiger partial charge in [-0.05, 0) is 55.5 Å². The van der Waals surface area contributed by atoms with Crippen molar-refractivity contribution in [2.45, 2.75) is 26.4 Å². The molecule has 3 nitrogen and oxygen atoms in total. The van der Waals surface area contributed by atoms with Crippen LogP contribution in [0.1, 0.15) is 31.3 Å². The second kappa shape index (κ2) is 4.25. The van der Waals surface area contributed by atoms with E-state index in [1.807, 2.05) is 26.8 Å². The molecular weight excluding hydrogens is 293 g/mol. The van der Waals surface area contributed by atoms with Gasteiger partial charge < -0.3 is 4.74 Å². The van der Waals surface area contributed by atoms with Crippen molar-refractivity contribution in [1.82, 2.24) is 4.98 Å². The van der Waals surface area contributed by atoms with Gasteiger partial charge in [0.25, 0.3) is 0 Å². The summed E-state index contributed by atoms with van der Waals surface area (Å²) in [5.41, 5.74) is -0.119. The van der Waals surface area contributed by atoms with E-state index in [-0.39, 0.29) is 5.97 Å². The Kier molecular flexibility index (Phi) is 3.47. The number of pyridine rings is 1. The van der Waals surface area contributed by atoms with Crippen molar-refractivity contribution in [3.05, 3.63) is 27.6 Å². The summed E-state index contributed by atoms with van der Waals surface area (Å²) in [5, 5.41) is 0. The fraction of sp³-hybridized carbons (Fsp3) is 0.400. The van der Waals surface area contributed by atoms with Crippen LogP contribution in [0, 0.1) is 3.57 Å². The van der Waals surface area contributed by atoms with Gasteiger partial charge in [0, 0.05) is 9.77 Å². The third kappa shape index (κ3) is 3.61. The van der Waals surface area contributed by atoms with Crippen molar-refractivity contribution >= 4 is 28.6 Å². The standard InChI is InChI=1S/C10H12INO2/c1-10(2,3)14-9(13)8-6-7(11)4-5-12-8/h4-6H,1-3H3. The Bertz CT molecular complexity index is 344. The van der Waals surface area contributed by atoms with Crippen LogP contribution in [0.5, 0.6) is 0 Å². The first-order valence-corrected chi connectivity index (χ1v) is 5.31. The zero-order chi connectivity index (χ0) is 10.8. The molecule has 1 heterocycles. The number of halogens is 1. The van der Waals surface area contributed by atoms with Gasteiger partial charge in [0.15, 0.2) is 0 Å². The Morgan fingerprint density at radius 2 is 2.14 bits per heavy atom. The first kappa shape index (κ1) is 11.4. The van der Waals surface area contributed by atoms with Crippen molar-refractivity contribution in [2.24, 2.45) is 0 Å². The number of carbonyl (C=O) groups is 1. The summed E-state index contributed by atoms with van der Waals surface area (Å²) in [6.07, 6.45) is 1.60. The summed E-state index contributed by atoms with van der Waals surface area (Å²) < 4.78 is 6.14. The molecule has 76 valence electrons. The SMILES string of the molecule is CC(C)(C)OC(=O)c1cc(I)ccn1. The number of hydrogen-bond acceptors (Lipinski definition) is 3. The number of aromatic nitrogens is 1. The van der Waals surface area contributed by atoms with E-state index < -0.39 is 5.60 Å². The predicted octanol–water partition coefficient (Wildman–Crippen LogP) is 2.64. The summed E-state index contributed by atoms with van der Waals surface area (Å²) in [7, 11) is 0. The van der Waals surface area contributed by atoms with E-state index in [1.54, 1.807) is 12.3 Å². The molecular formula is C10H12INO2. The van der Waals surface area contributed by atoms with Crippen molar-refractivity contribution in [3.8, 4) is 0 Å². The number of carbonyl (C=O) groups excluding carboxylic acids is 1. The smallest absolute Gasteiger partial charge is 0.357 e. The third-order valence-electron chi connectivity index (χ3n) is 1.33. The molecule has 0 aliphatic heterocycles. The Labute approximate surface area is 97.0 Å². The van der Waals surface area contributed by atoms with Gasteiger partial charge in [0.2, 0.25) is 0 Å². The van der Waals surface area contributed by atoms with Gasteiger partial charge in [-0.25, -0.2) is 9.78 Å². The van der Waals surface area contributed by atoms with Crippen LogP contribution in [0.2, 0.25) is 0 Å². The van der Waals surface area contributed by atoms with E-state index >= 15 is 0 Å². The van der Waals surface area contributed by atoms with Gasteiger partial charge in [-0.2, -0.15) is 0 Å². The van der Waals surface area contributed by atoms with Crippen molar-refractivity contribution in [3.63, 3.8) is 0 Å². The first-order chi connectivity index (χ1) is 6.38. The average molecular weight is 305 g/mol. The van der Waals surface area contributed by atoms with Crippen LogP contribution in [0.15, 0.2) is 18.3 Å². The highest BCUT2D eigenvalue weighted by Gasteiger charge is 2.18. The maximum atomic E-state index is 11.5. The fourth-order valence-corrected chi connectivity index (χ4v) is 1.30. The summed E-state index contributed by atoms with van der Waals surface area (Å²) >= 11 is 2.13. The van der Waals surface area contributed by atoms with Crippen LogP contribution in [0.25, 0.3) is 0 Å². The molecule has 0 aromatic carbocycles. The molecule has 0 bridgehead atoms. The lowest BCUT2D eigenvalue weighted by atomic mass is 10.2. The summed E-state index contributed by atoms with van der Waals surface area (Å²) in [4.78, 5) is 15.5. The molecule has 0 fully saturated rings. The highest BCUT2D eigenvalue weighted by Crippen LogP contribution is 2.12. The molecule has 0 amide bonds. The Morgan fingerprint density at radius 1 is 1.50 bits per heavy atom.